The molecule has 2 aliphatic rings. The Bertz CT molecular complexity index is 1130. The minimum Gasteiger partial charge on any atom is -0.483 e. The van der Waals surface area contributed by atoms with E-state index in [4.69, 9.17) is 14.2 Å². The Morgan fingerprint density at radius 1 is 1.16 bits per heavy atom. The van der Waals surface area contributed by atoms with Crippen molar-refractivity contribution in [3.63, 3.8) is 0 Å². The van der Waals surface area contributed by atoms with Gasteiger partial charge in [-0.05, 0) is 44.0 Å². The van der Waals surface area contributed by atoms with E-state index >= 15 is 0 Å². The Hall–Kier alpha value is -2.81. The molecule has 0 aliphatic carbocycles. The zero-order valence-electron chi connectivity index (χ0n) is 18.2. The third-order valence-electron chi connectivity index (χ3n) is 6.43. The van der Waals surface area contributed by atoms with Gasteiger partial charge in [0.05, 0.1) is 11.0 Å². The molecule has 0 amide bonds. The molecule has 0 bridgehead atoms. The maximum absolute atomic E-state index is 12.5. The standard InChI is InChI=1S/C24H29N3O5/c1-2-31-24(16-30-20-9-5-6-10-21(20)32-24)22(28)15-26-13-11-17(12-14-26)27-19-8-4-3-7-18(19)25-23(27)29/h3-10,17,22,28H,2,11-16H2,1H3,(H,25,29). The molecule has 1 aromatic heterocycles. The molecule has 1 saturated heterocycles. The summed E-state index contributed by atoms with van der Waals surface area (Å²) in [7, 11) is 0. The number of aliphatic hydroxyl groups is 1. The molecular formula is C24H29N3O5. The number of likely N-dealkylation sites (tertiary alicyclic amines) is 1. The van der Waals surface area contributed by atoms with E-state index < -0.39 is 11.9 Å². The maximum Gasteiger partial charge on any atom is 0.326 e. The second kappa shape index (κ2) is 8.61. The molecule has 8 nitrogen and oxygen atoms in total. The van der Waals surface area contributed by atoms with Crippen molar-refractivity contribution in [3.8, 4) is 11.5 Å². The molecule has 3 heterocycles. The molecule has 0 radical (unpaired) electrons. The minimum atomic E-state index is -1.24. The molecular weight excluding hydrogens is 410 g/mol. The monoisotopic (exact) mass is 439 g/mol. The van der Waals surface area contributed by atoms with E-state index in [1.807, 2.05) is 60.0 Å². The highest BCUT2D eigenvalue weighted by Crippen LogP contribution is 2.37. The molecule has 0 spiro atoms. The molecule has 0 saturated carbocycles. The summed E-state index contributed by atoms with van der Waals surface area (Å²) in [6.07, 6.45) is 0.773. The molecule has 5 rings (SSSR count). The van der Waals surface area contributed by atoms with E-state index in [1.54, 1.807) is 0 Å². The summed E-state index contributed by atoms with van der Waals surface area (Å²) in [4.78, 5) is 17.7. The predicted molar refractivity (Wildman–Crippen MR) is 120 cm³/mol. The lowest BCUT2D eigenvalue weighted by Crippen LogP contribution is -2.60. The number of fused-ring (bicyclic) bond motifs is 2. The lowest BCUT2D eigenvalue weighted by atomic mass is 10.0. The summed E-state index contributed by atoms with van der Waals surface area (Å²) >= 11 is 0. The first-order valence-corrected chi connectivity index (χ1v) is 11.2. The number of benzene rings is 2. The fourth-order valence-corrected chi connectivity index (χ4v) is 4.80. The third kappa shape index (κ3) is 3.79. The second-order valence-corrected chi connectivity index (χ2v) is 8.45. The average Bonchev–Trinajstić information content (AvgIpc) is 3.15. The summed E-state index contributed by atoms with van der Waals surface area (Å²) in [5.74, 6) is -0.0167. The van der Waals surface area contributed by atoms with Gasteiger partial charge < -0.3 is 29.2 Å². The van der Waals surface area contributed by atoms with Gasteiger partial charge in [-0.3, -0.25) is 4.57 Å². The van der Waals surface area contributed by atoms with E-state index in [0.717, 1.165) is 37.0 Å². The highest BCUT2D eigenvalue weighted by atomic mass is 16.7. The Morgan fingerprint density at radius 2 is 1.88 bits per heavy atom. The number of aromatic nitrogens is 2. The minimum absolute atomic E-state index is 0.0635. The van der Waals surface area contributed by atoms with Gasteiger partial charge in [-0.1, -0.05) is 24.3 Å². The van der Waals surface area contributed by atoms with Crippen molar-refractivity contribution >= 4 is 11.0 Å². The third-order valence-corrected chi connectivity index (χ3v) is 6.43. The lowest BCUT2D eigenvalue weighted by molar-refractivity contribution is -0.262. The van der Waals surface area contributed by atoms with Gasteiger partial charge in [-0.2, -0.15) is 0 Å². The van der Waals surface area contributed by atoms with Crippen molar-refractivity contribution in [2.45, 2.75) is 37.7 Å². The number of nitrogens with one attached hydrogen (secondary N) is 1. The largest absolute Gasteiger partial charge is 0.483 e. The zero-order valence-corrected chi connectivity index (χ0v) is 18.2. The molecule has 2 unspecified atom stereocenters. The molecule has 1 fully saturated rings. The van der Waals surface area contributed by atoms with Crippen molar-refractivity contribution in [1.29, 1.82) is 0 Å². The summed E-state index contributed by atoms with van der Waals surface area (Å²) in [6.45, 7) is 4.35. The summed E-state index contributed by atoms with van der Waals surface area (Å²) < 4.78 is 19.8. The van der Waals surface area contributed by atoms with Crippen LogP contribution in [0.5, 0.6) is 11.5 Å². The first-order chi connectivity index (χ1) is 15.6. The van der Waals surface area contributed by atoms with Crippen molar-refractivity contribution < 1.29 is 19.3 Å². The second-order valence-electron chi connectivity index (χ2n) is 8.45. The van der Waals surface area contributed by atoms with E-state index in [2.05, 4.69) is 9.88 Å². The average molecular weight is 440 g/mol. The topological polar surface area (TPSA) is 89.0 Å². The number of hydrogen-bond donors (Lipinski definition) is 2. The number of H-pyrrole nitrogens is 1. The summed E-state index contributed by atoms with van der Waals surface area (Å²) in [5.41, 5.74) is 1.74. The Labute approximate surface area is 186 Å². The van der Waals surface area contributed by atoms with Crippen molar-refractivity contribution in [3.05, 3.63) is 59.0 Å². The predicted octanol–water partition coefficient (Wildman–Crippen LogP) is 2.53. The van der Waals surface area contributed by atoms with Gasteiger partial charge >= 0.3 is 5.69 Å². The number of ether oxygens (including phenoxy) is 3. The highest BCUT2D eigenvalue weighted by molar-refractivity contribution is 5.75. The number of hydrogen-bond acceptors (Lipinski definition) is 6. The van der Waals surface area contributed by atoms with E-state index in [0.29, 0.717) is 24.7 Å². The smallest absolute Gasteiger partial charge is 0.326 e. The molecule has 32 heavy (non-hydrogen) atoms. The molecule has 8 heteroatoms. The van der Waals surface area contributed by atoms with Crippen LogP contribution < -0.4 is 15.2 Å². The SMILES string of the molecule is CCOC1(C(O)CN2CCC(n3c(=O)[nH]c4ccccc43)CC2)COc2ccccc2O1. The van der Waals surface area contributed by atoms with Crippen LogP contribution in [-0.2, 0) is 4.74 Å². The molecule has 2 atom stereocenters. The van der Waals surface area contributed by atoms with Crippen LogP contribution in [0.15, 0.2) is 53.3 Å². The van der Waals surface area contributed by atoms with Gasteiger partial charge in [-0.25, -0.2) is 4.79 Å². The highest BCUT2D eigenvalue weighted by Gasteiger charge is 2.46. The number of β-amino-alcohol motifs (C(OH)–C–C–N with tert-alkyl or cyclic N) is 1. The summed E-state index contributed by atoms with van der Waals surface area (Å²) in [6, 6.07) is 15.3. The molecule has 3 aromatic rings. The number of aromatic amines is 1. The molecule has 2 N–H and O–H groups in total. The number of aliphatic hydroxyl groups excluding tert-OH is 1. The van der Waals surface area contributed by atoms with Crippen LogP contribution in [0.1, 0.15) is 25.8 Å². The zero-order chi connectivity index (χ0) is 22.1. The van der Waals surface area contributed by atoms with Crippen molar-refractivity contribution in [1.82, 2.24) is 14.5 Å². The first-order valence-electron chi connectivity index (χ1n) is 11.2. The number of piperidine rings is 1. The van der Waals surface area contributed by atoms with Crippen LogP contribution in [0.3, 0.4) is 0 Å². The van der Waals surface area contributed by atoms with Crippen LogP contribution in [0.25, 0.3) is 11.0 Å². The van der Waals surface area contributed by atoms with Crippen LogP contribution in [-0.4, -0.2) is 64.3 Å². The lowest BCUT2D eigenvalue weighted by Gasteiger charge is -2.42. The Balaban J connectivity index is 1.26. The van der Waals surface area contributed by atoms with Gasteiger partial charge in [0.15, 0.2) is 18.1 Å². The quantitative estimate of drug-likeness (QED) is 0.614. The Kier molecular flexibility index (Phi) is 5.67. The van der Waals surface area contributed by atoms with Crippen LogP contribution >= 0.6 is 0 Å². The fourth-order valence-electron chi connectivity index (χ4n) is 4.80. The van der Waals surface area contributed by atoms with Gasteiger partial charge in [0.2, 0.25) is 0 Å². The van der Waals surface area contributed by atoms with Gasteiger partial charge in [0, 0.05) is 32.3 Å². The Morgan fingerprint density at radius 3 is 2.66 bits per heavy atom. The summed E-state index contributed by atoms with van der Waals surface area (Å²) in [5, 5.41) is 11.1. The fraction of sp³-hybridized carbons (Fsp3) is 0.458. The van der Waals surface area contributed by atoms with Gasteiger partial charge in [0.1, 0.15) is 6.10 Å². The maximum atomic E-state index is 12.5. The number of para-hydroxylation sites is 4. The van der Waals surface area contributed by atoms with Gasteiger partial charge in [-0.15, -0.1) is 0 Å². The molecule has 2 aliphatic heterocycles. The normalized spacial score (nSPS) is 22.8. The number of rotatable bonds is 6. The van der Waals surface area contributed by atoms with E-state index in [9.17, 15) is 9.90 Å². The van der Waals surface area contributed by atoms with Gasteiger partial charge in [0.25, 0.3) is 5.79 Å². The molecule has 2 aromatic carbocycles. The van der Waals surface area contributed by atoms with Crippen molar-refractivity contribution in [2.75, 3.05) is 32.8 Å². The van der Waals surface area contributed by atoms with Crippen LogP contribution in [0.4, 0.5) is 0 Å². The number of imidazole rings is 1. The molecule has 170 valence electrons. The van der Waals surface area contributed by atoms with Crippen LogP contribution in [0, 0.1) is 0 Å². The number of nitrogens with zero attached hydrogens (tertiary/aromatic N) is 2. The first kappa shape index (κ1) is 21.1. The van der Waals surface area contributed by atoms with Crippen LogP contribution in [0.2, 0.25) is 0 Å². The van der Waals surface area contributed by atoms with Crippen molar-refractivity contribution in [2.24, 2.45) is 0 Å². The van der Waals surface area contributed by atoms with E-state index in [-0.39, 0.29) is 18.3 Å². The van der Waals surface area contributed by atoms with E-state index in [1.165, 1.54) is 0 Å².